The van der Waals surface area contributed by atoms with Crippen LogP contribution in [0.4, 0.5) is 0 Å². The van der Waals surface area contributed by atoms with Crippen molar-refractivity contribution in [1.29, 1.82) is 0 Å². The fourth-order valence-corrected chi connectivity index (χ4v) is 1.42. The van der Waals surface area contributed by atoms with E-state index in [0.717, 1.165) is 25.8 Å². The Morgan fingerprint density at radius 3 is 2.36 bits per heavy atom. The van der Waals surface area contributed by atoms with Gasteiger partial charge in [-0.2, -0.15) is 0 Å². The highest BCUT2D eigenvalue weighted by Gasteiger charge is 2.09. The molecule has 0 fully saturated rings. The zero-order valence-electron chi connectivity index (χ0n) is 9.89. The molecule has 0 unspecified atom stereocenters. The average Bonchev–Trinajstić information content (AvgIpc) is 2.10. The van der Waals surface area contributed by atoms with Crippen molar-refractivity contribution in [2.24, 2.45) is 0 Å². The first kappa shape index (κ1) is 13.6. The van der Waals surface area contributed by atoms with Crippen LogP contribution in [0.5, 0.6) is 0 Å². The van der Waals surface area contributed by atoms with Crippen LogP contribution in [0.2, 0.25) is 0 Å². The molecular weight excluding hydrogens is 176 g/mol. The molecule has 0 aromatic carbocycles. The van der Waals surface area contributed by atoms with Crippen LogP contribution in [0.25, 0.3) is 0 Å². The summed E-state index contributed by atoms with van der Waals surface area (Å²) in [6.07, 6.45) is 3.19. The van der Waals surface area contributed by atoms with E-state index < -0.39 is 0 Å². The fraction of sp³-hybridized carbons (Fsp3) is 0.909. The molecule has 0 radical (unpaired) electrons. The van der Waals surface area contributed by atoms with Crippen LogP contribution in [0.1, 0.15) is 40.0 Å². The maximum atomic E-state index is 11.1. The van der Waals surface area contributed by atoms with Crippen molar-refractivity contribution in [3.8, 4) is 0 Å². The van der Waals surface area contributed by atoms with Crippen LogP contribution in [-0.4, -0.2) is 31.5 Å². The van der Waals surface area contributed by atoms with Gasteiger partial charge in [0, 0.05) is 6.04 Å². The lowest BCUT2D eigenvalue weighted by atomic mass is 10.1. The Kier molecular flexibility index (Phi) is 7.71. The van der Waals surface area contributed by atoms with Crippen LogP contribution in [-0.2, 0) is 4.79 Å². The summed E-state index contributed by atoms with van der Waals surface area (Å²) in [6, 6.07) is 0.608. The van der Waals surface area contributed by atoms with Gasteiger partial charge in [-0.05, 0) is 33.4 Å². The molecule has 3 heteroatoms. The first-order chi connectivity index (χ1) is 6.57. The van der Waals surface area contributed by atoms with Crippen LogP contribution in [0.15, 0.2) is 0 Å². The molecule has 0 saturated carbocycles. The minimum atomic E-state index is 0.0500. The van der Waals surface area contributed by atoms with Crippen LogP contribution in [0, 0.1) is 0 Å². The van der Waals surface area contributed by atoms with E-state index in [0.29, 0.717) is 6.04 Å². The van der Waals surface area contributed by atoms with E-state index in [1.165, 1.54) is 0 Å². The monoisotopic (exact) mass is 200 g/mol. The van der Waals surface area contributed by atoms with E-state index in [1.807, 2.05) is 7.05 Å². The minimum absolute atomic E-state index is 0.0500. The molecule has 0 aromatic rings. The summed E-state index contributed by atoms with van der Waals surface area (Å²) >= 11 is 0. The first-order valence-corrected chi connectivity index (χ1v) is 5.49. The number of carbonyl (C=O) groups excluding carboxylic acids is 1. The number of unbranched alkanes of at least 4 members (excludes halogenated alkanes) is 1. The third kappa shape index (κ3) is 7.04. The van der Waals surface area contributed by atoms with E-state index in [-0.39, 0.29) is 11.8 Å². The molecular formula is C11H24N2O. The van der Waals surface area contributed by atoms with Gasteiger partial charge < -0.3 is 10.6 Å². The number of likely N-dealkylation sites (N-methyl/N-ethyl adjacent to an activating group) is 1. The molecule has 0 heterocycles. The maximum absolute atomic E-state index is 11.1. The summed E-state index contributed by atoms with van der Waals surface area (Å²) in [4.78, 5) is 11.1. The van der Waals surface area contributed by atoms with Gasteiger partial charge >= 0.3 is 0 Å². The lowest BCUT2D eigenvalue weighted by molar-refractivity contribution is -0.119. The van der Waals surface area contributed by atoms with E-state index >= 15 is 0 Å². The molecule has 0 spiro atoms. The second-order valence-corrected chi connectivity index (χ2v) is 4.06. The summed E-state index contributed by atoms with van der Waals surface area (Å²) < 4.78 is 0. The number of carbonyl (C=O) groups is 1. The summed E-state index contributed by atoms with van der Waals surface area (Å²) in [5, 5.41) is 6.39. The molecule has 2 N–H and O–H groups in total. The maximum Gasteiger partial charge on any atom is 0.146 e. The zero-order chi connectivity index (χ0) is 11.0. The van der Waals surface area contributed by atoms with Crippen molar-refractivity contribution < 1.29 is 4.79 Å². The van der Waals surface area contributed by atoms with Gasteiger partial charge in [-0.25, -0.2) is 0 Å². The molecule has 0 rings (SSSR count). The highest BCUT2D eigenvalue weighted by molar-refractivity contribution is 5.81. The minimum Gasteiger partial charge on any atom is -0.315 e. The molecule has 0 aliphatic carbocycles. The van der Waals surface area contributed by atoms with Gasteiger partial charge in [-0.3, -0.25) is 4.79 Å². The van der Waals surface area contributed by atoms with Crippen molar-refractivity contribution in [1.82, 2.24) is 10.6 Å². The standard InChI is InChI=1S/C11H24N2O/c1-9(2)13-8-6-5-7-11(12-4)10(3)14/h9,11-13H,5-8H2,1-4H3/t11-/m0/s1. The van der Waals surface area contributed by atoms with Crippen molar-refractivity contribution in [2.75, 3.05) is 13.6 Å². The highest BCUT2D eigenvalue weighted by Crippen LogP contribution is 2.01. The van der Waals surface area contributed by atoms with E-state index in [4.69, 9.17) is 0 Å². The highest BCUT2D eigenvalue weighted by atomic mass is 16.1. The van der Waals surface area contributed by atoms with Gasteiger partial charge in [0.05, 0.1) is 6.04 Å². The number of rotatable bonds is 8. The molecule has 0 saturated heterocycles. The quantitative estimate of drug-likeness (QED) is 0.581. The second-order valence-electron chi connectivity index (χ2n) is 4.06. The van der Waals surface area contributed by atoms with Crippen LogP contribution < -0.4 is 10.6 Å². The van der Waals surface area contributed by atoms with Gasteiger partial charge in [-0.1, -0.05) is 20.3 Å². The average molecular weight is 200 g/mol. The van der Waals surface area contributed by atoms with Gasteiger partial charge in [-0.15, -0.1) is 0 Å². The summed E-state index contributed by atoms with van der Waals surface area (Å²) in [6.45, 7) is 6.98. The van der Waals surface area contributed by atoms with Crippen LogP contribution >= 0.6 is 0 Å². The first-order valence-electron chi connectivity index (χ1n) is 5.49. The summed E-state index contributed by atoms with van der Waals surface area (Å²) in [5.41, 5.74) is 0. The number of Topliss-reactive ketones (excluding diaryl/α,β-unsaturated/α-hetero) is 1. The van der Waals surface area contributed by atoms with Crippen molar-refractivity contribution >= 4 is 5.78 Å². The van der Waals surface area contributed by atoms with Crippen molar-refractivity contribution in [3.05, 3.63) is 0 Å². The molecule has 0 aromatic heterocycles. The summed E-state index contributed by atoms with van der Waals surface area (Å²) in [7, 11) is 1.85. The Morgan fingerprint density at radius 2 is 1.93 bits per heavy atom. The fourth-order valence-electron chi connectivity index (χ4n) is 1.42. The molecule has 0 amide bonds. The molecule has 0 aliphatic rings. The van der Waals surface area contributed by atoms with Gasteiger partial charge in [0.2, 0.25) is 0 Å². The lowest BCUT2D eigenvalue weighted by Gasteiger charge is -2.12. The predicted molar refractivity (Wildman–Crippen MR) is 60.5 cm³/mol. The molecule has 14 heavy (non-hydrogen) atoms. The number of hydrogen-bond donors (Lipinski definition) is 2. The van der Waals surface area contributed by atoms with E-state index in [9.17, 15) is 4.79 Å². The van der Waals surface area contributed by atoms with Gasteiger partial charge in [0.1, 0.15) is 5.78 Å². The Balaban J connectivity index is 3.38. The smallest absolute Gasteiger partial charge is 0.146 e. The molecule has 3 nitrogen and oxygen atoms in total. The number of nitrogens with one attached hydrogen (secondary N) is 2. The lowest BCUT2D eigenvalue weighted by Crippen LogP contribution is -2.32. The Labute approximate surface area is 87.6 Å². The third-order valence-corrected chi connectivity index (χ3v) is 2.31. The largest absolute Gasteiger partial charge is 0.315 e. The third-order valence-electron chi connectivity index (χ3n) is 2.31. The van der Waals surface area contributed by atoms with Crippen molar-refractivity contribution in [3.63, 3.8) is 0 Å². The van der Waals surface area contributed by atoms with Gasteiger partial charge in [0.25, 0.3) is 0 Å². The second kappa shape index (κ2) is 7.94. The molecule has 84 valence electrons. The normalized spacial score (nSPS) is 13.2. The van der Waals surface area contributed by atoms with Gasteiger partial charge in [0.15, 0.2) is 0 Å². The Hall–Kier alpha value is -0.410. The van der Waals surface area contributed by atoms with Crippen LogP contribution in [0.3, 0.4) is 0 Å². The number of hydrogen-bond acceptors (Lipinski definition) is 3. The van der Waals surface area contributed by atoms with Crippen molar-refractivity contribution in [2.45, 2.75) is 52.1 Å². The zero-order valence-corrected chi connectivity index (χ0v) is 9.89. The molecule has 0 aliphatic heterocycles. The van der Waals surface area contributed by atoms with E-state index in [2.05, 4.69) is 24.5 Å². The predicted octanol–water partition coefficient (Wildman–Crippen LogP) is 1.33. The summed E-state index contributed by atoms with van der Waals surface area (Å²) in [5.74, 6) is 0.240. The molecule has 0 bridgehead atoms. The SMILES string of the molecule is CN[C@@H](CCCCNC(C)C)C(C)=O. The number of ketones is 1. The van der Waals surface area contributed by atoms with E-state index in [1.54, 1.807) is 6.92 Å². The Morgan fingerprint density at radius 1 is 1.29 bits per heavy atom. The molecule has 1 atom stereocenters. The Bertz CT molecular complexity index is 157. The topological polar surface area (TPSA) is 41.1 Å².